The molecule has 1 aromatic rings. The molecule has 0 unspecified atom stereocenters. The fourth-order valence-corrected chi connectivity index (χ4v) is 1.40. The summed E-state index contributed by atoms with van der Waals surface area (Å²) in [6.07, 6.45) is 5.09. The molecule has 0 heterocycles. The van der Waals surface area contributed by atoms with Crippen molar-refractivity contribution in [2.75, 3.05) is 13.1 Å². The Bertz CT molecular complexity index is 516. The molecule has 0 aromatic heterocycles. The van der Waals surface area contributed by atoms with Gasteiger partial charge in [0.05, 0.1) is 6.54 Å². The standard InChI is InChI=1S/C13H13NO4/c1-3-6-14(8-12(16)17)13(18)10-5-4-9(2)11(15)7-10/h1,4-5,7,15H,6,8H2,2H3,(H,16,17). The van der Waals surface area contributed by atoms with Crippen molar-refractivity contribution in [1.82, 2.24) is 4.90 Å². The third-order valence-corrected chi connectivity index (χ3v) is 2.35. The summed E-state index contributed by atoms with van der Waals surface area (Å²) in [7, 11) is 0. The molecule has 1 aromatic carbocycles. The lowest BCUT2D eigenvalue weighted by atomic mass is 10.1. The summed E-state index contributed by atoms with van der Waals surface area (Å²) in [5.41, 5.74) is 0.836. The minimum Gasteiger partial charge on any atom is -0.508 e. The topological polar surface area (TPSA) is 77.8 Å². The van der Waals surface area contributed by atoms with Gasteiger partial charge in [-0.25, -0.2) is 0 Å². The first-order valence-corrected chi connectivity index (χ1v) is 5.20. The molecule has 5 heteroatoms. The van der Waals surface area contributed by atoms with E-state index in [-0.39, 0.29) is 17.9 Å². The first-order chi connectivity index (χ1) is 8.45. The van der Waals surface area contributed by atoms with Gasteiger partial charge in [0.25, 0.3) is 5.91 Å². The lowest BCUT2D eigenvalue weighted by Gasteiger charge is -2.18. The Morgan fingerprint density at radius 1 is 1.44 bits per heavy atom. The average molecular weight is 247 g/mol. The first kappa shape index (κ1) is 13.6. The van der Waals surface area contributed by atoms with Gasteiger partial charge >= 0.3 is 5.97 Å². The van der Waals surface area contributed by atoms with Crippen molar-refractivity contribution in [2.24, 2.45) is 0 Å². The Hall–Kier alpha value is -2.48. The minimum absolute atomic E-state index is 0.0168. The summed E-state index contributed by atoms with van der Waals surface area (Å²) >= 11 is 0. The number of aliphatic carboxylic acids is 1. The van der Waals surface area contributed by atoms with E-state index < -0.39 is 18.4 Å². The van der Waals surface area contributed by atoms with Gasteiger partial charge in [0.15, 0.2) is 0 Å². The normalized spacial score (nSPS) is 9.56. The quantitative estimate of drug-likeness (QED) is 0.773. The maximum Gasteiger partial charge on any atom is 0.323 e. The van der Waals surface area contributed by atoms with Crippen LogP contribution in [0.1, 0.15) is 15.9 Å². The number of nitrogens with zero attached hydrogens (tertiary/aromatic N) is 1. The van der Waals surface area contributed by atoms with Crippen LogP contribution in [0.4, 0.5) is 0 Å². The fraction of sp³-hybridized carbons (Fsp3) is 0.231. The molecule has 0 spiro atoms. The Kier molecular flexibility index (Phi) is 4.33. The zero-order valence-electron chi connectivity index (χ0n) is 9.88. The number of aryl methyl sites for hydroxylation is 1. The molecule has 5 nitrogen and oxygen atoms in total. The number of carbonyl (C=O) groups excluding carboxylic acids is 1. The highest BCUT2D eigenvalue weighted by Gasteiger charge is 2.18. The number of phenolic OH excluding ortho intramolecular Hbond substituents is 1. The molecule has 0 saturated carbocycles. The van der Waals surface area contributed by atoms with Gasteiger partial charge in [0.2, 0.25) is 0 Å². The van der Waals surface area contributed by atoms with Crippen LogP contribution in [0.5, 0.6) is 5.75 Å². The molecule has 0 aliphatic carbocycles. The molecule has 0 radical (unpaired) electrons. The SMILES string of the molecule is C#CCN(CC(=O)O)C(=O)c1ccc(C)c(O)c1. The molecule has 0 aliphatic heterocycles. The van der Waals surface area contributed by atoms with Crippen molar-refractivity contribution < 1.29 is 19.8 Å². The lowest BCUT2D eigenvalue weighted by molar-refractivity contribution is -0.137. The van der Waals surface area contributed by atoms with Crippen molar-refractivity contribution in [3.05, 3.63) is 29.3 Å². The predicted molar refractivity (Wildman–Crippen MR) is 65.2 cm³/mol. The van der Waals surface area contributed by atoms with E-state index in [1.165, 1.54) is 12.1 Å². The highest BCUT2D eigenvalue weighted by Crippen LogP contribution is 2.18. The van der Waals surface area contributed by atoms with Gasteiger partial charge < -0.3 is 15.1 Å². The molecular weight excluding hydrogens is 234 g/mol. The summed E-state index contributed by atoms with van der Waals surface area (Å²) in [4.78, 5) is 23.6. The maximum absolute atomic E-state index is 12.0. The number of carbonyl (C=O) groups is 2. The van der Waals surface area contributed by atoms with Crippen LogP contribution in [0.3, 0.4) is 0 Å². The second kappa shape index (κ2) is 5.73. The van der Waals surface area contributed by atoms with Gasteiger partial charge in [0.1, 0.15) is 12.3 Å². The number of hydrogen-bond acceptors (Lipinski definition) is 3. The molecule has 18 heavy (non-hydrogen) atoms. The van der Waals surface area contributed by atoms with Crippen LogP contribution in [0.2, 0.25) is 0 Å². The van der Waals surface area contributed by atoms with E-state index >= 15 is 0 Å². The van der Waals surface area contributed by atoms with E-state index in [4.69, 9.17) is 11.5 Å². The van der Waals surface area contributed by atoms with Crippen LogP contribution in [-0.2, 0) is 4.79 Å². The summed E-state index contributed by atoms with van der Waals surface area (Å²) in [5.74, 6) is 0.546. The summed E-state index contributed by atoms with van der Waals surface area (Å²) in [6.45, 7) is 1.12. The van der Waals surface area contributed by atoms with Gasteiger partial charge in [-0.15, -0.1) is 6.42 Å². The van der Waals surface area contributed by atoms with Gasteiger partial charge in [0, 0.05) is 5.56 Å². The van der Waals surface area contributed by atoms with Crippen molar-refractivity contribution in [2.45, 2.75) is 6.92 Å². The van der Waals surface area contributed by atoms with E-state index in [0.717, 1.165) is 4.90 Å². The number of phenols is 1. The van der Waals surface area contributed by atoms with E-state index in [1.807, 2.05) is 0 Å². The number of aromatic hydroxyl groups is 1. The molecule has 1 amide bonds. The Morgan fingerprint density at radius 3 is 2.61 bits per heavy atom. The molecule has 0 atom stereocenters. The van der Waals surface area contributed by atoms with Gasteiger partial charge in [-0.3, -0.25) is 9.59 Å². The Labute approximate surface area is 105 Å². The monoisotopic (exact) mass is 247 g/mol. The number of carboxylic acids is 1. The van der Waals surface area contributed by atoms with Crippen LogP contribution < -0.4 is 0 Å². The second-order valence-electron chi connectivity index (χ2n) is 3.76. The molecule has 2 N–H and O–H groups in total. The number of carboxylic acid groups (broad SMARTS) is 1. The third kappa shape index (κ3) is 3.25. The van der Waals surface area contributed by atoms with E-state index in [0.29, 0.717) is 5.56 Å². The summed E-state index contributed by atoms with van der Waals surface area (Å²) in [6, 6.07) is 4.39. The van der Waals surface area contributed by atoms with Crippen LogP contribution in [0.25, 0.3) is 0 Å². The lowest BCUT2D eigenvalue weighted by Crippen LogP contribution is -2.35. The molecule has 0 bridgehead atoms. The van der Waals surface area contributed by atoms with Crippen LogP contribution in [-0.4, -0.2) is 40.1 Å². The van der Waals surface area contributed by atoms with Gasteiger partial charge in [-0.05, 0) is 24.6 Å². The van der Waals surface area contributed by atoms with Crippen molar-refractivity contribution in [3.8, 4) is 18.1 Å². The molecular formula is C13H13NO4. The Balaban J connectivity index is 2.98. The molecule has 0 aliphatic rings. The zero-order valence-corrected chi connectivity index (χ0v) is 9.88. The number of hydrogen-bond donors (Lipinski definition) is 2. The molecule has 0 fully saturated rings. The third-order valence-electron chi connectivity index (χ3n) is 2.35. The fourth-order valence-electron chi connectivity index (χ4n) is 1.40. The van der Waals surface area contributed by atoms with Crippen LogP contribution in [0.15, 0.2) is 18.2 Å². The number of rotatable bonds is 4. The van der Waals surface area contributed by atoms with Gasteiger partial charge in [-0.1, -0.05) is 12.0 Å². The Morgan fingerprint density at radius 2 is 2.11 bits per heavy atom. The van der Waals surface area contributed by atoms with Crippen LogP contribution >= 0.6 is 0 Å². The minimum atomic E-state index is -1.14. The molecule has 94 valence electrons. The van der Waals surface area contributed by atoms with Crippen molar-refractivity contribution in [3.63, 3.8) is 0 Å². The van der Waals surface area contributed by atoms with Crippen molar-refractivity contribution in [1.29, 1.82) is 0 Å². The smallest absolute Gasteiger partial charge is 0.323 e. The van der Waals surface area contributed by atoms with Crippen LogP contribution in [0, 0.1) is 19.3 Å². The van der Waals surface area contributed by atoms with Gasteiger partial charge in [-0.2, -0.15) is 0 Å². The first-order valence-electron chi connectivity index (χ1n) is 5.20. The highest BCUT2D eigenvalue weighted by atomic mass is 16.4. The maximum atomic E-state index is 12.0. The summed E-state index contributed by atoms with van der Waals surface area (Å²) < 4.78 is 0. The summed E-state index contributed by atoms with van der Waals surface area (Å²) in [5, 5.41) is 18.2. The predicted octanol–water partition coefficient (Wildman–Crippen LogP) is 0.861. The number of benzene rings is 1. The second-order valence-corrected chi connectivity index (χ2v) is 3.76. The van der Waals surface area contributed by atoms with E-state index in [1.54, 1.807) is 13.0 Å². The largest absolute Gasteiger partial charge is 0.508 e. The number of amides is 1. The number of terminal acetylenes is 1. The molecule has 0 saturated heterocycles. The van der Waals surface area contributed by atoms with E-state index in [2.05, 4.69) is 5.92 Å². The average Bonchev–Trinajstić information content (AvgIpc) is 2.31. The molecule has 1 rings (SSSR count). The highest BCUT2D eigenvalue weighted by molar-refractivity contribution is 5.96. The zero-order chi connectivity index (χ0) is 13.7. The van der Waals surface area contributed by atoms with E-state index in [9.17, 15) is 14.7 Å². The van der Waals surface area contributed by atoms with Crippen molar-refractivity contribution >= 4 is 11.9 Å².